The number of pyridine rings is 2. The van der Waals surface area contributed by atoms with Crippen LogP contribution >= 0.6 is 0 Å². The molecule has 0 radical (unpaired) electrons. The number of hydrogen-bond acceptors (Lipinski definition) is 2. The third-order valence-electron chi connectivity index (χ3n) is 8.96. The largest absolute Gasteiger partial charge is 0.309 e. The number of benzene rings is 5. The van der Waals surface area contributed by atoms with Crippen LogP contribution in [-0.2, 0) is 0 Å². The number of para-hydroxylation sites is 3. The summed E-state index contributed by atoms with van der Waals surface area (Å²) in [6, 6.07) is 41.6. The molecule has 5 heterocycles. The zero-order valence-electron chi connectivity index (χ0n) is 23.0. The normalized spacial score (nSPS) is 12.2. The standard InChI is InChI=1S/C38H23N5/c1-3-9-24(10-4-1)42-33-14-8-7-13-26(33)28-20-36-30(21-35(28)42)29-19-34-31(22-37(29)43(36)25-11-5-2-6-12-25)32-23-39-16-15-27(32)38-40-17-18-41(34)38/h1-23H. The molecule has 43 heavy (non-hydrogen) atoms. The minimum absolute atomic E-state index is 0.947. The maximum Gasteiger partial charge on any atom is 0.145 e. The van der Waals surface area contributed by atoms with Gasteiger partial charge >= 0.3 is 0 Å². The summed E-state index contributed by atoms with van der Waals surface area (Å²) >= 11 is 0. The molecule has 0 fully saturated rings. The van der Waals surface area contributed by atoms with Crippen molar-refractivity contribution < 1.29 is 0 Å². The molecule has 0 unspecified atom stereocenters. The van der Waals surface area contributed by atoms with E-state index in [1.807, 2.05) is 18.6 Å². The Bertz CT molecular complexity index is 2710. The number of nitrogens with zero attached hydrogens (tertiary/aromatic N) is 5. The summed E-state index contributed by atoms with van der Waals surface area (Å²) in [5.74, 6) is 0. The highest BCUT2D eigenvalue weighted by molar-refractivity contribution is 6.22. The van der Waals surface area contributed by atoms with Crippen molar-refractivity contribution in [2.45, 2.75) is 0 Å². The average molecular weight is 550 g/mol. The fourth-order valence-corrected chi connectivity index (χ4v) is 7.14. The van der Waals surface area contributed by atoms with Gasteiger partial charge in [-0.2, -0.15) is 0 Å². The van der Waals surface area contributed by atoms with Crippen LogP contribution in [0.15, 0.2) is 140 Å². The first-order chi connectivity index (χ1) is 21.3. The second-order valence-electron chi connectivity index (χ2n) is 11.2. The molecule has 10 rings (SSSR count). The van der Waals surface area contributed by atoms with Crippen molar-refractivity contribution in [3.8, 4) is 11.4 Å². The minimum Gasteiger partial charge on any atom is -0.309 e. The molecular weight excluding hydrogens is 526 g/mol. The van der Waals surface area contributed by atoms with Gasteiger partial charge in [-0.1, -0.05) is 54.6 Å². The van der Waals surface area contributed by atoms with Gasteiger partial charge < -0.3 is 9.13 Å². The molecule has 0 N–H and O–H groups in total. The Labute approximate surface area is 245 Å². The first-order valence-electron chi connectivity index (χ1n) is 14.5. The van der Waals surface area contributed by atoms with Gasteiger partial charge in [0, 0.05) is 73.9 Å². The van der Waals surface area contributed by atoms with Crippen molar-refractivity contribution >= 4 is 70.9 Å². The average Bonchev–Trinajstić information content (AvgIpc) is 3.77. The van der Waals surface area contributed by atoms with Crippen LogP contribution < -0.4 is 0 Å². The van der Waals surface area contributed by atoms with E-state index in [2.05, 4.69) is 140 Å². The molecule has 0 saturated carbocycles. The molecule has 0 bridgehead atoms. The fourth-order valence-electron chi connectivity index (χ4n) is 7.14. The summed E-state index contributed by atoms with van der Waals surface area (Å²) in [5.41, 5.74) is 9.12. The Morgan fingerprint density at radius 1 is 0.419 bits per heavy atom. The predicted molar refractivity (Wildman–Crippen MR) is 177 cm³/mol. The van der Waals surface area contributed by atoms with Gasteiger partial charge in [-0.15, -0.1) is 0 Å². The number of hydrogen-bond donors (Lipinski definition) is 0. The van der Waals surface area contributed by atoms with Gasteiger partial charge in [-0.25, -0.2) is 4.98 Å². The Balaban J connectivity index is 1.45. The van der Waals surface area contributed by atoms with E-state index in [4.69, 9.17) is 4.98 Å². The van der Waals surface area contributed by atoms with Gasteiger partial charge in [0.1, 0.15) is 5.65 Å². The lowest BCUT2D eigenvalue weighted by Gasteiger charge is -2.11. The van der Waals surface area contributed by atoms with Crippen LogP contribution in [0.25, 0.3) is 82.3 Å². The third kappa shape index (κ3) is 3.00. The van der Waals surface area contributed by atoms with E-state index in [9.17, 15) is 0 Å². The lowest BCUT2D eigenvalue weighted by atomic mass is 10.0. The molecule has 0 atom stereocenters. The van der Waals surface area contributed by atoms with E-state index in [-0.39, 0.29) is 0 Å². The number of fused-ring (bicyclic) bond motifs is 12. The second-order valence-corrected chi connectivity index (χ2v) is 11.2. The summed E-state index contributed by atoms with van der Waals surface area (Å²) in [7, 11) is 0. The third-order valence-corrected chi connectivity index (χ3v) is 8.96. The Morgan fingerprint density at radius 2 is 0.977 bits per heavy atom. The maximum atomic E-state index is 4.73. The van der Waals surface area contributed by atoms with Crippen LogP contribution in [0.3, 0.4) is 0 Å². The van der Waals surface area contributed by atoms with Crippen molar-refractivity contribution in [2.24, 2.45) is 0 Å². The van der Waals surface area contributed by atoms with Crippen molar-refractivity contribution in [2.75, 3.05) is 0 Å². The first kappa shape index (κ1) is 22.7. The summed E-state index contributed by atoms with van der Waals surface area (Å²) in [4.78, 5) is 9.24. The fraction of sp³-hybridized carbons (Fsp3) is 0. The molecule has 0 aliphatic rings. The van der Waals surface area contributed by atoms with E-state index < -0.39 is 0 Å². The molecule has 5 aromatic heterocycles. The molecule has 5 aromatic carbocycles. The Morgan fingerprint density at radius 3 is 1.67 bits per heavy atom. The van der Waals surface area contributed by atoms with Crippen molar-refractivity contribution in [3.63, 3.8) is 0 Å². The molecule has 0 saturated heterocycles. The molecule has 5 nitrogen and oxygen atoms in total. The topological polar surface area (TPSA) is 40.0 Å². The molecule has 0 amide bonds. The Kier molecular flexibility index (Phi) is 4.39. The van der Waals surface area contributed by atoms with Crippen LogP contribution in [0.2, 0.25) is 0 Å². The molecule has 0 aliphatic heterocycles. The van der Waals surface area contributed by atoms with Gasteiger partial charge in [0.15, 0.2) is 0 Å². The van der Waals surface area contributed by atoms with Gasteiger partial charge in [0.05, 0.1) is 27.6 Å². The summed E-state index contributed by atoms with van der Waals surface area (Å²) < 4.78 is 7.02. The van der Waals surface area contributed by atoms with Crippen molar-refractivity contribution in [1.29, 1.82) is 0 Å². The SMILES string of the molecule is c1ccc(-n2c3ccccc3c3cc4c(cc32)c2cc3c(cc2n4-c2ccccc2)c2cnccc2c2nccn32)cc1. The van der Waals surface area contributed by atoms with E-state index in [0.29, 0.717) is 0 Å². The quantitative estimate of drug-likeness (QED) is 0.202. The summed E-state index contributed by atoms with van der Waals surface area (Å²) in [6.45, 7) is 0. The molecule has 0 aliphatic carbocycles. The van der Waals surface area contributed by atoms with Crippen LogP contribution in [0.1, 0.15) is 0 Å². The zero-order chi connectivity index (χ0) is 28.1. The first-order valence-corrected chi connectivity index (χ1v) is 14.5. The number of aromatic nitrogens is 5. The molecule has 10 aromatic rings. The molecule has 0 spiro atoms. The molecule has 5 heteroatoms. The van der Waals surface area contributed by atoms with Crippen molar-refractivity contribution in [3.05, 3.63) is 140 Å². The molecule has 200 valence electrons. The van der Waals surface area contributed by atoms with Crippen molar-refractivity contribution in [1.82, 2.24) is 23.5 Å². The monoisotopic (exact) mass is 549 g/mol. The zero-order valence-corrected chi connectivity index (χ0v) is 23.0. The lowest BCUT2D eigenvalue weighted by molar-refractivity contribution is 1.17. The molecular formula is C38H23N5. The highest BCUT2D eigenvalue weighted by Gasteiger charge is 2.20. The van der Waals surface area contributed by atoms with Crippen LogP contribution in [0.5, 0.6) is 0 Å². The second kappa shape index (κ2) is 8.30. The highest BCUT2D eigenvalue weighted by atomic mass is 15.0. The van der Waals surface area contributed by atoms with Crippen LogP contribution in [0, 0.1) is 0 Å². The smallest absolute Gasteiger partial charge is 0.145 e. The van der Waals surface area contributed by atoms with Gasteiger partial charge in [-0.3, -0.25) is 9.38 Å². The van der Waals surface area contributed by atoms with E-state index in [1.165, 1.54) is 43.6 Å². The Hall–Kier alpha value is -5.94. The summed E-state index contributed by atoms with van der Waals surface area (Å²) in [5, 5.41) is 8.27. The maximum absolute atomic E-state index is 4.73. The minimum atomic E-state index is 0.947. The lowest BCUT2D eigenvalue weighted by Crippen LogP contribution is -1.95. The van der Waals surface area contributed by atoms with Crippen LogP contribution in [-0.4, -0.2) is 23.5 Å². The van der Waals surface area contributed by atoms with Gasteiger partial charge in [0.25, 0.3) is 0 Å². The van der Waals surface area contributed by atoms with Gasteiger partial charge in [-0.05, 0) is 60.7 Å². The van der Waals surface area contributed by atoms with Gasteiger partial charge in [0.2, 0.25) is 0 Å². The number of imidazole rings is 1. The highest BCUT2D eigenvalue weighted by Crippen LogP contribution is 2.41. The number of rotatable bonds is 2. The van der Waals surface area contributed by atoms with E-state index in [0.717, 1.165) is 38.7 Å². The van der Waals surface area contributed by atoms with Crippen LogP contribution in [0.4, 0.5) is 0 Å². The van der Waals surface area contributed by atoms with E-state index in [1.54, 1.807) is 0 Å². The van der Waals surface area contributed by atoms with E-state index >= 15 is 0 Å². The summed E-state index contributed by atoms with van der Waals surface area (Å²) in [6.07, 6.45) is 7.76. The predicted octanol–water partition coefficient (Wildman–Crippen LogP) is 9.23.